The van der Waals surface area contributed by atoms with Crippen LogP contribution in [0.4, 0.5) is 0 Å². The van der Waals surface area contributed by atoms with E-state index in [2.05, 4.69) is 5.32 Å². The Morgan fingerprint density at radius 1 is 1.61 bits per heavy atom. The van der Waals surface area contributed by atoms with E-state index >= 15 is 0 Å². The summed E-state index contributed by atoms with van der Waals surface area (Å²) >= 11 is 0. The van der Waals surface area contributed by atoms with Crippen molar-refractivity contribution in [3.8, 4) is 0 Å². The van der Waals surface area contributed by atoms with E-state index in [0.717, 1.165) is 0 Å². The zero-order valence-corrected chi connectivity index (χ0v) is 11.6. The molecule has 1 saturated heterocycles. The van der Waals surface area contributed by atoms with Gasteiger partial charge in [0, 0.05) is 33.1 Å². The van der Waals surface area contributed by atoms with Crippen LogP contribution in [-0.4, -0.2) is 73.1 Å². The number of nitrogens with zero attached hydrogens (tertiary/aromatic N) is 2. The van der Waals surface area contributed by atoms with Crippen LogP contribution < -0.4 is 5.32 Å². The average molecular weight is 257 g/mol. The van der Waals surface area contributed by atoms with Gasteiger partial charge in [0.2, 0.25) is 11.8 Å². The number of hydrogen-bond donors (Lipinski definition) is 2. The Bertz CT molecular complexity index is 329. The zero-order chi connectivity index (χ0) is 13.9. The molecule has 2 amide bonds. The lowest BCUT2D eigenvalue weighted by Gasteiger charge is -2.27. The first-order chi connectivity index (χ1) is 8.21. The third-order valence-corrected chi connectivity index (χ3v) is 3.01. The van der Waals surface area contributed by atoms with E-state index in [9.17, 15) is 14.7 Å². The fourth-order valence-corrected chi connectivity index (χ4v) is 2.20. The SMILES string of the molecule is CN(C)CC(C)(O)CNC(=O)C1CC(=O)N(C)C1. The largest absolute Gasteiger partial charge is 0.387 e. The molecule has 0 aromatic heterocycles. The van der Waals surface area contributed by atoms with Crippen molar-refractivity contribution in [1.82, 2.24) is 15.1 Å². The van der Waals surface area contributed by atoms with Gasteiger partial charge in [-0.2, -0.15) is 0 Å². The molecule has 0 aromatic rings. The molecule has 2 unspecified atom stereocenters. The molecule has 6 nitrogen and oxygen atoms in total. The van der Waals surface area contributed by atoms with Crippen molar-refractivity contribution in [1.29, 1.82) is 0 Å². The summed E-state index contributed by atoms with van der Waals surface area (Å²) in [5, 5.41) is 12.8. The zero-order valence-electron chi connectivity index (χ0n) is 11.6. The summed E-state index contributed by atoms with van der Waals surface area (Å²) in [6.07, 6.45) is 0.262. The Kier molecular flexibility index (Phi) is 4.70. The molecule has 2 N–H and O–H groups in total. The van der Waals surface area contributed by atoms with Crippen molar-refractivity contribution in [3.63, 3.8) is 0 Å². The predicted molar refractivity (Wildman–Crippen MR) is 67.9 cm³/mol. The number of likely N-dealkylation sites (N-methyl/N-ethyl adjacent to an activating group) is 1. The maximum absolute atomic E-state index is 11.9. The molecule has 1 heterocycles. The van der Waals surface area contributed by atoms with Gasteiger partial charge in [0.25, 0.3) is 0 Å². The van der Waals surface area contributed by atoms with Gasteiger partial charge in [-0.3, -0.25) is 9.59 Å². The number of nitrogens with one attached hydrogen (secondary N) is 1. The molecule has 0 aliphatic carbocycles. The minimum Gasteiger partial charge on any atom is -0.387 e. The maximum Gasteiger partial charge on any atom is 0.225 e. The fraction of sp³-hybridized carbons (Fsp3) is 0.833. The number of carbonyl (C=O) groups is 2. The van der Waals surface area contributed by atoms with E-state index in [4.69, 9.17) is 0 Å². The molecule has 0 bridgehead atoms. The van der Waals surface area contributed by atoms with E-state index < -0.39 is 5.60 Å². The number of aliphatic hydroxyl groups is 1. The standard InChI is InChI=1S/C12H23N3O3/c1-12(18,8-14(2)3)7-13-11(17)9-5-10(16)15(4)6-9/h9,18H,5-8H2,1-4H3,(H,13,17). The first-order valence-electron chi connectivity index (χ1n) is 6.10. The topological polar surface area (TPSA) is 72.9 Å². The molecule has 104 valence electrons. The van der Waals surface area contributed by atoms with Crippen molar-refractivity contribution >= 4 is 11.8 Å². The molecule has 1 rings (SSSR count). The van der Waals surface area contributed by atoms with Crippen LogP contribution >= 0.6 is 0 Å². The number of amides is 2. The maximum atomic E-state index is 11.9. The van der Waals surface area contributed by atoms with Crippen LogP contribution in [0.1, 0.15) is 13.3 Å². The van der Waals surface area contributed by atoms with Gasteiger partial charge in [-0.1, -0.05) is 0 Å². The normalized spacial score (nSPS) is 23.3. The van der Waals surface area contributed by atoms with Crippen molar-refractivity contribution in [2.75, 3.05) is 40.8 Å². The highest BCUT2D eigenvalue weighted by atomic mass is 16.3. The highest BCUT2D eigenvalue weighted by molar-refractivity contribution is 5.89. The van der Waals surface area contributed by atoms with E-state index in [0.29, 0.717) is 13.1 Å². The summed E-state index contributed by atoms with van der Waals surface area (Å²) in [6, 6.07) is 0. The van der Waals surface area contributed by atoms with Crippen molar-refractivity contribution in [2.24, 2.45) is 5.92 Å². The van der Waals surface area contributed by atoms with Crippen LogP contribution in [0.5, 0.6) is 0 Å². The first-order valence-corrected chi connectivity index (χ1v) is 6.10. The van der Waals surface area contributed by atoms with Crippen LogP contribution in [0.3, 0.4) is 0 Å². The Hall–Kier alpha value is -1.14. The van der Waals surface area contributed by atoms with Crippen LogP contribution in [0.15, 0.2) is 0 Å². The second-order valence-corrected chi connectivity index (χ2v) is 5.63. The second-order valence-electron chi connectivity index (χ2n) is 5.63. The van der Waals surface area contributed by atoms with Crippen LogP contribution in [-0.2, 0) is 9.59 Å². The second kappa shape index (κ2) is 5.67. The Morgan fingerprint density at radius 2 is 2.22 bits per heavy atom. The van der Waals surface area contributed by atoms with Gasteiger partial charge in [0.15, 0.2) is 0 Å². The molecular weight excluding hydrogens is 234 g/mol. The Labute approximate surface area is 108 Å². The van der Waals surface area contributed by atoms with E-state index in [1.165, 1.54) is 0 Å². The molecule has 1 aliphatic heterocycles. The summed E-state index contributed by atoms with van der Waals surface area (Å²) in [7, 11) is 5.42. The lowest BCUT2D eigenvalue weighted by atomic mass is 10.0. The minimum atomic E-state index is -0.965. The lowest BCUT2D eigenvalue weighted by molar-refractivity contribution is -0.128. The van der Waals surface area contributed by atoms with E-state index in [1.807, 2.05) is 19.0 Å². The predicted octanol–water partition coefficient (Wildman–Crippen LogP) is -1.11. The number of hydrogen-bond acceptors (Lipinski definition) is 4. The molecule has 0 aromatic carbocycles. The van der Waals surface area contributed by atoms with Gasteiger partial charge in [-0.15, -0.1) is 0 Å². The summed E-state index contributed by atoms with van der Waals surface area (Å²) in [4.78, 5) is 26.6. The number of carbonyl (C=O) groups excluding carboxylic acids is 2. The molecule has 1 fully saturated rings. The Morgan fingerprint density at radius 3 is 2.67 bits per heavy atom. The van der Waals surface area contributed by atoms with E-state index in [1.54, 1.807) is 18.9 Å². The van der Waals surface area contributed by atoms with Crippen molar-refractivity contribution < 1.29 is 14.7 Å². The summed E-state index contributed by atoms with van der Waals surface area (Å²) < 4.78 is 0. The van der Waals surface area contributed by atoms with Gasteiger partial charge >= 0.3 is 0 Å². The molecule has 2 atom stereocenters. The van der Waals surface area contributed by atoms with Crippen molar-refractivity contribution in [2.45, 2.75) is 18.9 Å². The third kappa shape index (κ3) is 4.27. The summed E-state index contributed by atoms with van der Waals surface area (Å²) in [6.45, 7) is 2.80. The van der Waals surface area contributed by atoms with Crippen molar-refractivity contribution in [3.05, 3.63) is 0 Å². The van der Waals surface area contributed by atoms with Crippen LogP contribution in [0, 0.1) is 5.92 Å². The average Bonchev–Trinajstić information content (AvgIpc) is 2.54. The summed E-state index contributed by atoms with van der Waals surface area (Å²) in [5.41, 5.74) is -0.965. The highest BCUT2D eigenvalue weighted by Gasteiger charge is 2.33. The fourth-order valence-electron chi connectivity index (χ4n) is 2.20. The first kappa shape index (κ1) is 14.9. The third-order valence-electron chi connectivity index (χ3n) is 3.01. The molecule has 1 aliphatic rings. The molecule has 6 heteroatoms. The quantitative estimate of drug-likeness (QED) is 0.655. The smallest absolute Gasteiger partial charge is 0.225 e. The highest BCUT2D eigenvalue weighted by Crippen LogP contribution is 2.16. The van der Waals surface area contributed by atoms with Crippen LogP contribution in [0.2, 0.25) is 0 Å². The van der Waals surface area contributed by atoms with Crippen LogP contribution in [0.25, 0.3) is 0 Å². The monoisotopic (exact) mass is 257 g/mol. The lowest BCUT2D eigenvalue weighted by Crippen LogP contribution is -2.48. The van der Waals surface area contributed by atoms with E-state index in [-0.39, 0.29) is 30.7 Å². The van der Waals surface area contributed by atoms with Gasteiger partial charge < -0.3 is 20.2 Å². The summed E-state index contributed by atoms with van der Waals surface area (Å²) in [5.74, 6) is -0.459. The molecule has 18 heavy (non-hydrogen) atoms. The molecule has 0 spiro atoms. The van der Waals surface area contributed by atoms with Gasteiger partial charge in [0.1, 0.15) is 0 Å². The van der Waals surface area contributed by atoms with Gasteiger partial charge in [-0.25, -0.2) is 0 Å². The Balaban J connectivity index is 2.40. The number of likely N-dealkylation sites (tertiary alicyclic amines) is 1. The molecular formula is C12H23N3O3. The molecule has 0 radical (unpaired) electrons. The minimum absolute atomic E-state index is 0.00444. The van der Waals surface area contributed by atoms with Gasteiger partial charge in [-0.05, 0) is 21.0 Å². The van der Waals surface area contributed by atoms with Gasteiger partial charge in [0.05, 0.1) is 11.5 Å². The molecule has 0 saturated carbocycles. The number of rotatable bonds is 5.